The molecule has 0 bridgehead atoms. The van der Waals surface area contributed by atoms with E-state index in [4.69, 9.17) is 0 Å². The predicted octanol–water partition coefficient (Wildman–Crippen LogP) is 1.33. The molecule has 0 amide bonds. The van der Waals surface area contributed by atoms with Gasteiger partial charge in [-0.25, -0.2) is 9.59 Å². The molecule has 0 spiro atoms. The number of hydrogen-bond donors (Lipinski definition) is 0. The molecule has 0 rings (SSSR count). The SMILES string of the molecule is CCCCOOC(=O)C(=O)C(CCC)N=C=O. The zero-order valence-corrected chi connectivity index (χ0v) is 10.1. The predicted molar refractivity (Wildman–Crippen MR) is 58.8 cm³/mol. The number of isocyanates is 1. The summed E-state index contributed by atoms with van der Waals surface area (Å²) in [7, 11) is 0. The Morgan fingerprint density at radius 1 is 1.29 bits per heavy atom. The van der Waals surface area contributed by atoms with Gasteiger partial charge in [0, 0.05) is 0 Å². The molecule has 0 aromatic heterocycles. The molecule has 6 heteroatoms. The monoisotopic (exact) mass is 243 g/mol. The zero-order chi connectivity index (χ0) is 13.1. The Morgan fingerprint density at radius 3 is 2.53 bits per heavy atom. The molecule has 1 unspecified atom stereocenters. The van der Waals surface area contributed by atoms with Gasteiger partial charge in [-0.2, -0.15) is 9.88 Å². The third-order valence-corrected chi connectivity index (χ3v) is 1.99. The fourth-order valence-electron chi connectivity index (χ4n) is 1.07. The first-order chi connectivity index (χ1) is 8.17. The van der Waals surface area contributed by atoms with Crippen molar-refractivity contribution >= 4 is 17.8 Å². The van der Waals surface area contributed by atoms with Gasteiger partial charge in [0.1, 0.15) is 6.04 Å². The molecule has 0 heterocycles. The summed E-state index contributed by atoms with van der Waals surface area (Å²) in [4.78, 5) is 44.9. The van der Waals surface area contributed by atoms with E-state index in [1.54, 1.807) is 0 Å². The van der Waals surface area contributed by atoms with Crippen LogP contribution in [0.2, 0.25) is 0 Å². The van der Waals surface area contributed by atoms with E-state index in [9.17, 15) is 14.4 Å². The minimum absolute atomic E-state index is 0.241. The van der Waals surface area contributed by atoms with Crippen LogP contribution in [-0.4, -0.2) is 30.5 Å². The van der Waals surface area contributed by atoms with E-state index < -0.39 is 17.8 Å². The van der Waals surface area contributed by atoms with Crippen molar-refractivity contribution in [1.29, 1.82) is 0 Å². The molecule has 6 nitrogen and oxygen atoms in total. The molecule has 0 saturated heterocycles. The van der Waals surface area contributed by atoms with Crippen LogP contribution < -0.4 is 0 Å². The topological polar surface area (TPSA) is 82.0 Å². The van der Waals surface area contributed by atoms with E-state index in [1.807, 2.05) is 13.8 Å². The van der Waals surface area contributed by atoms with Crippen molar-refractivity contribution < 1.29 is 24.2 Å². The molecule has 0 aliphatic rings. The molecule has 17 heavy (non-hydrogen) atoms. The summed E-state index contributed by atoms with van der Waals surface area (Å²) >= 11 is 0. The Morgan fingerprint density at radius 2 is 2.00 bits per heavy atom. The number of ketones is 1. The fraction of sp³-hybridized carbons (Fsp3) is 0.727. The van der Waals surface area contributed by atoms with Gasteiger partial charge in [0.25, 0.3) is 5.78 Å². The van der Waals surface area contributed by atoms with E-state index in [0.29, 0.717) is 12.8 Å². The van der Waals surface area contributed by atoms with Crippen LogP contribution in [0.4, 0.5) is 0 Å². The summed E-state index contributed by atoms with van der Waals surface area (Å²) in [5.74, 6) is -2.01. The van der Waals surface area contributed by atoms with E-state index in [-0.39, 0.29) is 6.61 Å². The van der Waals surface area contributed by atoms with Crippen LogP contribution in [0.3, 0.4) is 0 Å². The van der Waals surface area contributed by atoms with Gasteiger partial charge >= 0.3 is 5.97 Å². The molecule has 0 radical (unpaired) electrons. The lowest BCUT2D eigenvalue weighted by Gasteiger charge is -2.06. The number of Topliss-reactive ketones (excluding diaryl/α,β-unsaturated/α-hetero) is 1. The first-order valence-corrected chi connectivity index (χ1v) is 5.61. The van der Waals surface area contributed by atoms with Gasteiger partial charge in [0.15, 0.2) is 0 Å². The van der Waals surface area contributed by atoms with E-state index in [1.165, 1.54) is 6.08 Å². The first-order valence-electron chi connectivity index (χ1n) is 5.61. The van der Waals surface area contributed by atoms with E-state index >= 15 is 0 Å². The first kappa shape index (κ1) is 15.5. The minimum atomic E-state index is -1.13. The Kier molecular flexibility index (Phi) is 8.82. The number of carbonyl (C=O) groups excluding carboxylic acids is 3. The summed E-state index contributed by atoms with van der Waals surface area (Å²) < 4.78 is 0. The average molecular weight is 243 g/mol. The van der Waals surface area contributed by atoms with E-state index in [0.717, 1.165) is 12.8 Å². The largest absolute Gasteiger partial charge is 0.410 e. The molecule has 0 aromatic rings. The lowest BCUT2D eigenvalue weighted by Crippen LogP contribution is -2.29. The van der Waals surface area contributed by atoms with Crippen LogP contribution in [0, 0.1) is 0 Å². The highest BCUT2D eigenvalue weighted by atomic mass is 17.2. The Hall–Kier alpha value is -1.52. The maximum absolute atomic E-state index is 11.5. The van der Waals surface area contributed by atoms with Crippen molar-refractivity contribution in [2.75, 3.05) is 6.61 Å². The lowest BCUT2D eigenvalue weighted by atomic mass is 10.1. The van der Waals surface area contributed by atoms with Gasteiger partial charge in [0.05, 0.1) is 6.61 Å². The van der Waals surface area contributed by atoms with Crippen molar-refractivity contribution in [2.45, 2.75) is 45.6 Å². The molecule has 0 fully saturated rings. The second kappa shape index (κ2) is 9.69. The molecule has 0 N–H and O–H groups in total. The Balaban J connectivity index is 4.16. The summed E-state index contributed by atoms with van der Waals surface area (Å²) in [5.41, 5.74) is 0. The summed E-state index contributed by atoms with van der Waals surface area (Å²) in [6.07, 6.45) is 3.81. The number of nitrogens with zero attached hydrogens (tertiary/aromatic N) is 1. The number of hydrogen-bond acceptors (Lipinski definition) is 6. The van der Waals surface area contributed by atoms with Crippen LogP contribution in [0.15, 0.2) is 4.99 Å². The molecule has 0 aromatic carbocycles. The summed E-state index contributed by atoms with van der Waals surface area (Å²) in [6.45, 7) is 4.00. The van der Waals surface area contributed by atoms with Crippen molar-refractivity contribution in [3.8, 4) is 0 Å². The third-order valence-electron chi connectivity index (χ3n) is 1.99. The number of unbranched alkanes of at least 4 members (excludes halogenated alkanes) is 1. The second-order valence-corrected chi connectivity index (χ2v) is 3.44. The average Bonchev–Trinajstić information content (AvgIpc) is 2.33. The van der Waals surface area contributed by atoms with Gasteiger partial charge in [-0.05, 0) is 12.8 Å². The van der Waals surface area contributed by atoms with Crippen LogP contribution in [-0.2, 0) is 24.2 Å². The zero-order valence-electron chi connectivity index (χ0n) is 10.1. The lowest BCUT2D eigenvalue weighted by molar-refractivity contribution is -0.269. The Labute approximate surface area is 99.9 Å². The van der Waals surface area contributed by atoms with E-state index in [2.05, 4.69) is 14.8 Å². The fourth-order valence-corrected chi connectivity index (χ4v) is 1.07. The smallest absolute Gasteiger partial charge is 0.289 e. The third kappa shape index (κ3) is 6.60. The highest BCUT2D eigenvalue weighted by Gasteiger charge is 2.26. The molecule has 0 saturated carbocycles. The van der Waals surface area contributed by atoms with Crippen molar-refractivity contribution in [1.82, 2.24) is 0 Å². The molecular weight excluding hydrogens is 226 g/mol. The quantitative estimate of drug-likeness (QED) is 0.152. The summed E-state index contributed by atoms with van der Waals surface area (Å²) in [6, 6.07) is -1.01. The number of carbonyl (C=O) groups is 2. The maximum atomic E-state index is 11.5. The van der Waals surface area contributed by atoms with Crippen LogP contribution in [0.25, 0.3) is 0 Å². The Bertz CT molecular complexity index is 296. The van der Waals surface area contributed by atoms with Gasteiger partial charge in [-0.3, -0.25) is 9.68 Å². The minimum Gasteiger partial charge on any atom is -0.289 e. The van der Waals surface area contributed by atoms with Gasteiger partial charge < -0.3 is 0 Å². The second-order valence-electron chi connectivity index (χ2n) is 3.44. The molecule has 1 atom stereocenters. The molecule has 0 aliphatic heterocycles. The standard InChI is InChI=1S/C11H17NO5/c1-3-5-7-16-17-11(15)10(14)9(6-4-2)12-8-13/h9H,3-7H2,1-2H3. The summed E-state index contributed by atoms with van der Waals surface area (Å²) in [5, 5.41) is 0. The van der Waals surface area contributed by atoms with Gasteiger partial charge in [-0.15, -0.1) is 0 Å². The van der Waals surface area contributed by atoms with Gasteiger partial charge in [-0.1, -0.05) is 26.7 Å². The number of aliphatic imine (C=N–C) groups is 1. The maximum Gasteiger partial charge on any atom is 0.410 e. The van der Waals surface area contributed by atoms with Crippen molar-refractivity contribution in [3.63, 3.8) is 0 Å². The molecule has 0 aliphatic carbocycles. The highest BCUT2D eigenvalue weighted by molar-refractivity contribution is 6.35. The highest BCUT2D eigenvalue weighted by Crippen LogP contribution is 2.04. The van der Waals surface area contributed by atoms with Crippen molar-refractivity contribution in [2.24, 2.45) is 4.99 Å². The van der Waals surface area contributed by atoms with Crippen LogP contribution >= 0.6 is 0 Å². The van der Waals surface area contributed by atoms with Crippen LogP contribution in [0.1, 0.15) is 39.5 Å². The molecule has 96 valence electrons. The molecular formula is C11H17NO5. The van der Waals surface area contributed by atoms with Crippen LogP contribution in [0.5, 0.6) is 0 Å². The van der Waals surface area contributed by atoms with Crippen molar-refractivity contribution in [3.05, 3.63) is 0 Å². The van der Waals surface area contributed by atoms with Gasteiger partial charge in [0.2, 0.25) is 6.08 Å². The number of rotatable bonds is 9. The normalized spacial score (nSPS) is 11.4.